The lowest BCUT2D eigenvalue weighted by molar-refractivity contribution is 0.332. The minimum absolute atomic E-state index is 1.02. The Kier molecular flexibility index (Phi) is 6.59. The van der Waals surface area contributed by atoms with E-state index in [9.17, 15) is 0 Å². The normalized spacial score (nSPS) is 23.8. The molecule has 0 aromatic rings. The van der Waals surface area contributed by atoms with E-state index in [1.807, 2.05) is 0 Å². The summed E-state index contributed by atoms with van der Waals surface area (Å²) in [6, 6.07) is 0. The highest BCUT2D eigenvalue weighted by molar-refractivity contribution is 4.72. The Morgan fingerprint density at radius 3 is 2.11 bits per heavy atom. The van der Waals surface area contributed by atoms with Crippen LogP contribution in [0.5, 0.6) is 0 Å². The van der Waals surface area contributed by atoms with Crippen LogP contribution in [0.3, 0.4) is 0 Å². The molecule has 106 valence electrons. The molecule has 0 saturated heterocycles. The first-order valence-electron chi connectivity index (χ1n) is 8.86. The molecule has 0 aromatic heterocycles. The zero-order valence-electron chi connectivity index (χ0n) is 12.6. The van der Waals surface area contributed by atoms with Crippen molar-refractivity contribution in [2.75, 3.05) is 0 Å². The topological polar surface area (TPSA) is 0 Å². The van der Waals surface area contributed by atoms with Gasteiger partial charge < -0.3 is 0 Å². The fourth-order valence-corrected chi connectivity index (χ4v) is 4.31. The van der Waals surface area contributed by atoms with E-state index in [0.29, 0.717) is 0 Å². The van der Waals surface area contributed by atoms with Crippen LogP contribution in [0.2, 0.25) is 0 Å². The summed E-state index contributed by atoms with van der Waals surface area (Å²) in [6.45, 7) is 2.51. The molecule has 0 heterocycles. The van der Waals surface area contributed by atoms with Crippen molar-refractivity contribution in [3.63, 3.8) is 0 Å². The fourth-order valence-electron chi connectivity index (χ4n) is 4.31. The van der Waals surface area contributed by atoms with E-state index in [-0.39, 0.29) is 0 Å². The molecule has 1 unspecified atom stereocenters. The maximum atomic E-state index is 2.51. The highest BCUT2D eigenvalue weighted by atomic mass is 14.3. The van der Waals surface area contributed by atoms with Gasteiger partial charge in [0.25, 0.3) is 0 Å². The molecule has 0 N–H and O–H groups in total. The lowest BCUT2D eigenvalue weighted by atomic mass is 9.88. The molecule has 2 fully saturated rings. The van der Waals surface area contributed by atoms with Crippen LogP contribution in [0.4, 0.5) is 0 Å². The molecule has 0 bridgehead atoms. The predicted octanol–water partition coefficient (Wildman–Crippen LogP) is 6.34. The van der Waals surface area contributed by atoms with Crippen LogP contribution in [-0.4, -0.2) is 0 Å². The fraction of sp³-hybridized carbons (Fsp3) is 1.00. The zero-order valence-corrected chi connectivity index (χ0v) is 12.6. The maximum absolute atomic E-state index is 2.51. The van der Waals surface area contributed by atoms with Gasteiger partial charge in [-0.2, -0.15) is 0 Å². The summed E-state index contributed by atoms with van der Waals surface area (Å²) in [5.41, 5.74) is 0. The third-order valence-corrected chi connectivity index (χ3v) is 5.70. The summed E-state index contributed by atoms with van der Waals surface area (Å²) in [6.07, 6.45) is 21.3. The van der Waals surface area contributed by atoms with Gasteiger partial charge in [0, 0.05) is 0 Å². The van der Waals surface area contributed by atoms with Crippen molar-refractivity contribution < 1.29 is 0 Å². The minimum atomic E-state index is 1.02. The second-order valence-electron chi connectivity index (χ2n) is 7.16. The number of hydrogen-bond acceptors (Lipinski definition) is 0. The van der Waals surface area contributed by atoms with E-state index >= 15 is 0 Å². The van der Waals surface area contributed by atoms with Gasteiger partial charge in [0.2, 0.25) is 0 Å². The first-order valence-corrected chi connectivity index (χ1v) is 8.86. The summed E-state index contributed by atoms with van der Waals surface area (Å²) in [5, 5.41) is 0. The summed E-state index contributed by atoms with van der Waals surface area (Å²) in [7, 11) is 0. The van der Waals surface area contributed by atoms with Gasteiger partial charge in [-0.25, -0.2) is 0 Å². The zero-order chi connectivity index (χ0) is 12.6. The van der Waals surface area contributed by atoms with Crippen LogP contribution >= 0.6 is 0 Å². The first-order chi connectivity index (χ1) is 8.86. The van der Waals surface area contributed by atoms with Gasteiger partial charge >= 0.3 is 0 Å². The van der Waals surface area contributed by atoms with Crippen molar-refractivity contribution in [2.45, 2.75) is 96.8 Å². The molecular weight excluding hydrogens is 216 g/mol. The van der Waals surface area contributed by atoms with Crippen LogP contribution in [0.1, 0.15) is 96.8 Å². The van der Waals surface area contributed by atoms with Crippen molar-refractivity contribution >= 4 is 0 Å². The van der Waals surface area contributed by atoms with Crippen LogP contribution in [0.25, 0.3) is 0 Å². The monoisotopic (exact) mass is 250 g/mol. The largest absolute Gasteiger partial charge is 0.0622 e. The Morgan fingerprint density at radius 1 is 0.778 bits per heavy atom. The number of rotatable bonds is 8. The molecule has 2 saturated carbocycles. The summed E-state index contributed by atoms with van der Waals surface area (Å²) in [4.78, 5) is 0. The Hall–Kier alpha value is 0. The SMILES string of the molecule is CC(CCCCCCC1CCCC1)C1CCCC1. The average molecular weight is 250 g/mol. The third kappa shape index (κ3) is 4.94. The molecule has 0 aliphatic heterocycles. The number of hydrogen-bond donors (Lipinski definition) is 0. The van der Waals surface area contributed by atoms with Gasteiger partial charge in [0.05, 0.1) is 0 Å². The first kappa shape index (κ1) is 14.4. The molecule has 0 aromatic carbocycles. The lowest BCUT2D eigenvalue weighted by Crippen LogP contribution is -2.07. The predicted molar refractivity (Wildman–Crippen MR) is 80.8 cm³/mol. The maximum Gasteiger partial charge on any atom is -0.0388 e. The van der Waals surface area contributed by atoms with Crippen LogP contribution in [0.15, 0.2) is 0 Å². The summed E-state index contributed by atoms with van der Waals surface area (Å²) < 4.78 is 0. The molecule has 1 atom stereocenters. The van der Waals surface area contributed by atoms with Crippen molar-refractivity contribution in [3.8, 4) is 0 Å². The smallest absolute Gasteiger partial charge is 0.0388 e. The Labute approximate surface area is 115 Å². The molecular formula is C18H34. The molecule has 0 heteroatoms. The van der Waals surface area contributed by atoms with Gasteiger partial charge in [0.1, 0.15) is 0 Å². The quantitative estimate of drug-likeness (QED) is 0.441. The molecule has 0 amide bonds. The van der Waals surface area contributed by atoms with E-state index in [1.165, 1.54) is 77.0 Å². The highest BCUT2D eigenvalue weighted by Crippen LogP contribution is 2.34. The van der Waals surface area contributed by atoms with Crippen molar-refractivity contribution in [1.82, 2.24) is 0 Å². The molecule has 18 heavy (non-hydrogen) atoms. The Balaban J connectivity index is 1.40. The van der Waals surface area contributed by atoms with E-state index in [2.05, 4.69) is 6.92 Å². The second kappa shape index (κ2) is 8.23. The van der Waals surface area contributed by atoms with E-state index in [0.717, 1.165) is 17.8 Å². The third-order valence-electron chi connectivity index (χ3n) is 5.70. The van der Waals surface area contributed by atoms with Crippen LogP contribution < -0.4 is 0 Å². The van der Waals surface area contributed by atoms with Crippen LogP contribution in [-0.2, 0) is 0 Å². The average Bonchev–Trinajstić information content (AvgIpc) is 3.05. The Bertz CT molecular complexity index is 196. The molecule has 2 rings (SSSR count). The Morgan fingerprint density at radius 2 is 1.39 bits per heavy atom. The van der Waals surface area contributed by atoms with Gasteiger partial charge in [0.15, 0.2) is 0 Å². The van der Waals surface area contributed by atoms with Gasteiger partial charge in [-0.1, -0.05) is 96.8 Å². The highest BCUT2D eigenvalue weighted by Gasteiger charge is 2.20. The number of unbranched alkanes of at least 4 members (excludes halogenated alkanes) is 3. The van der Waals surface area contributed by atoms with Gasteiger partial charge in [-0.05, 0) is 17.8 Å². The van der Waals surface area contributed by atoms with Gasteiger partial charge in [-0.3, -0.25) is 0 Å². The summed E-state index contributed by atoms with van der Waals surface area (Å²) in [5.74, 6) is 3.22. The molecule has 2 aliphatic carbocycles. The van der Waals surface area contributed by atoms with Crippen molar-refractivity contribution in [2.24, 2.45) is 17.8 Å². The molecule has 0 spiro atoms. The van der Waals surface area contributed by atoms with E-state index in [1.54, 1.807) is 12.8 Å². The molecule has 2 aliphatic rings. The summed E-state index contributed by atoms with van der Waals surface area (Å²) >= 11 is 0. The van der Waals surface area contributed by atoms with E-state index < -0.39 is 0 Å². The second-order valence-corrected chi connectivity index (χ2v) is 7.16. The van der Waals surface area contributed by atoms with Gasteiger partial charge in [-0.15, -0.1) is 0 Å². The molecule has 0 nitrogen and oxygen atoms in total. The lowest BCUT2D eigenvalue weighted by Gasteiger charge is -2.18. The van der Waals surface area contributed by atoms with Crippen molar-refractivity contribution in [3.05, 3.63) is 0 Å². The molecule has 0 radical (unpaired) electrons. The van der Waals surface area contributed by atoms with Crippen molar-refractivity contribution in [1.29, 1.82) is 0 Å². The minimum Gasteiger partial charge on any atom is -0.0622 e. The van der Waals surface area contributed by atoms with E-state index in [4.69, 9.17) is 0 Å². The van der Waals surface area contributed by atoms with Crippen LogP contribution in [0, 0.1) is 17.8 Å². The standard InChI is InChI=1S/C18H34/c1-16(18-14-8-9-15-18)10-4-2-3-5-11-17-12-6-7-13-17/h16-18H,2-15H2,1H3.